The number of carbonyl (C=O) groups excluding carboxylic acids is 1. The summed E-state index contributed by atoms with van der Waals surface area (Å²) in [6.45, 7) is 4.12. The number of ether oxygens (including phenoxy) is 1. The van der Waals surface area contributed by atoms with E-state index < -0.39 is 6.17 Å². The first-order valence-corrected chi connectivity index (χ1v) is 11.9. The maximum atomic E-state index is 13.6. The van der Waals surface area contributed by atoms with E-state index >= 15 is 0 Å². The van der Waals surface area contributed by atoms with Gasteiger partial charge in [-0.3, -0.25) is 14.8 Å². The first-order chi connectivity index (χ1) is 16.0. The minimum atomic E-state index is -0.791. The largest absolute Gasteiger partial charge is 0.477 e. The van der Waals surface area contributed by atoms with Gasteiger partial charge in [-0.15, -0.1) is 11.3 Å². The Morgan fingerprint density at radius 2 is 2.27 bits per heavy atom. The van der Waals surface area contributed by atoms with Crippen LogP contribution in [0.25, 0.3) is 10.6 Å². The van der Waals surface area contributed by atoms with Gasteiger partial charge < -0.3 is 15.0 Å². The van der Waals surface area contributed by atoms with Crippen molar-refractivity contribution in [3.8, 4) is 16.5 Å². The lowest BCUT2D eigenvalue weighted by atomic mass is 10.1. The summed E-state index contributed by atoms with van der Waals surface area (Å²) in [4.78, 5) is 33.0. The number of hydrogen-bond acceptors (Lipinski definition) is 8. The van der Waals surface area contributed by atoms with Crippen LogP contribution in [0.15, 0.2) is 36.9 Å². The van der Waals surface area contributed by atoms with Gasteiger partial charge in [0.15, 0.2) is 5.01 Å². The SMILES string of the molecule is CCOc1cncc(-c2cnc(C(=O)NC(CCN3CC[C@@H](F)C3)c3cc(Cl)ccn3)s2)n1. The van der Waals surface area contributed by atoms with Crippen molar-refractivity contribution < 1.29 is 13.9 Å². The van der Waals surface area contributed by atoms with Crippen molar-refractivity contribution in [2.24, 2.45) is 0 Å². The van der Waals surface area contributed by atoms with Crippen molar-refractivity contribution in [2.45, 2.75) is 32.0 Å². The van der Waals surface area contributed by atoms with Gasteiger partial charge in [-0.05, 0) is 31.9 Å². The maximum Gasteiger partial charge on any atom is 0.280 e. The second-order valence-electron chi connectivity index (χ2n) is 7.61. The number of nitrogens with zero attached hydrogens (tertiary/aromatic N) is 5. The van der Waals surface area contributed by atoms with Gasteiger partial charge in [0.1, 0.15) is 11.9 Å². The number of amides is 1. The molecular weight excluding hydrogens is 467 g/mol. The molecule has 174 valence electrons. The Hall–Kier alpha value is -2.69. The second kappa shape index (κ2) is 11.0. The van der Waals surface area contributed by atoms with E-state index in [0.717, 1.165) is 0 Å². The molecule has 1 N–H and O–H groups in total. The lowest BCUT2D eigenvalue weighted by Crippen LogP contribution is -2.32. The van der Waals surface area contributed by atoms with Gasteiger partial charge in [0.05, 0.1) is 35.6 Å². The summed E-state index contributed by atoms with van der Waals surface area (Å²) < 4.78 is 18.9. The Morgan fingerprint density at radius 1 is 1.39 bits per heavy atom. The highest BCUT2D eigenvalue weighted by Crippen LogP contribution is 2.27. The average molecular weight is 491 g/mol. The smallest absolute Gasteiger partial charge is 0.280 e. The standard InChI is InChI=1S/C22H24ClFN6O2S/c1-2-32-20-12-25-10-18(28-20)19-11-27-22(33-19)21(31)29-16(17-9-14(23)3-6-26-17)5-8-30-7-4-15(24)13-30/h3,6,9-12,15-16H,2,4-5,7-8,13H2,1H3,(H,29,31)/t15-,16?/m1/s1. The van der Waals surface area contributed by atoms with E-state index in [1.165, 1.54) is 17.5 Å². The van der Waals surface area contributed by atoms with E-state index in [9.17, 15) is 9.18 Å². The molecule has 1 unspecified atom stereocenters. The molecule has 11 heteroatoms. The summed E-state index contributed by atoms with van der Waals surface area (Å²) in [5, 5.41) is 3.85. The van der Waals surface area contributed by atoms with E-state index in [-0.39, 0.29) is 11.9 Å². The summed E-state index contributed by atoms with van der Waals surface area (Å²) in [6.07, 6.45) is 6.67. The first kappa shape index (κ1) is 23.5. The molecule has 1 aliphatic heterocycles. The highest BCUT2D eigenvalue weighted by atomic mass is 35.5. The molecule has 1 amide bonds. The molecule has 0 aromatic carbocycles. The molecule has 8 nitrogen and oxygen atoms in total. The normalized spacial score (nSPS) is 17.1. The molecule has 0 aliphatic carbocycles. The Labute approximate surface area is 200 Å². The number of pyridine rings is 1. The molecule has 33 heavy (non-hydrogen) atoms. The Balaban J connectivity index is 1.48. The highest BCUT2D eigenvalue weighted by Gasteiger charge is 2.25. The zero-order valence-electron chi connectivity index (χ0n) is 18.1. The molecule has 0 radical (unpaired) electrons. The quantitative estimate of drug-likeness (QED) is 0.485. The number of aromatic nitrogens is 4. The third-order valence-corrected chi connectivity index (χ3v) is 6.47. The van der Waals surface area contributed by atoms with Crippen molar-refractivity contribution in [3.63, 3.8) is 0 Å². The van der Waals surface area contributed by atoms with Gasteiger partial charge >= 0.3 is 0 Å². The number of carbonyl (C=O) groups is 1. The van der Waals surface area contributed by atoms with E-state index in [2.05, 4.69) is 30.2 Å². The molecule has 0 spiro atoms. The molecule has 3 aromatic rings. The Kier molecular flexibility index (Phi) is 7.79. The van der Waals surface area contributed by atoms with Crippen molar-refractivity contribution in [1.29, 1.82) is 0 Å². The lowest BCUT2D eigenvalue weighted by molar-refractivity contribution is 0.0930. The number of nitrogens with one attached hydrogen (secondary N) is 1. The second-order valence-corrected chi connectivity index (χ2v) is 9.07. The first-order valence-electron chi connectivity index (χ1n) is 10.7. The molecule has 1 aliphatic rings. The summed E-state index contributed by atoms with van der Waals surface area (Å²) in [5.74, 6) is 0.0932. The number of thiazole rings is 1. The number of likely N-dealkylation sites (tertiary alicyclic amines) is 1. The fraction of sp³-hybridized carbons (Fsp3) is 0.409. The van der Waals surface area contributed by atoms with Gasteiger partial charge in [-0.1, -0.05) is 11.6 Å². The molecule has 3 aromatic heterocycles. The third kappa shape index (κ3) is 6.21. The minimum absolute atomic E-state index is 0.297. The molecule has 4 rings (SSSR count). The molecule has 0 bridgehead atoms. The highest BCUT2D eigenvalue weighted by molar-refractivity contribution is 7.16. The summed E-state index contributed by atoms with van der Waals surface area (Å²) in [6, 6.07) is 3.03. The molecule has 2 atom stereocenters. The van der Waals surface area contributed by atoms with Crippen LogP contribution in [-0.2, 0) is 0 Å². The third-order valence-electron chi connectivity index (χ3n) is 5.21. The number of rotatable bonds is 9. The van der Waals surface area contributed by atoms with Gasteiger partial charge in [0, 0.05) is 37.1 Å². The predicted molar refractivity (Wildman–Crippen MR) is 124 cm³/mol. The topological polar surface area (TPSA) is 93.1 Å². The van der Waals surface area contributed by atoms with Crippen LogP contribution in [0.1, 0.15) is 41.3 Å². The Morgan fingerprint density at radius 3 is 3.03 bits per heavy atom. The number of hydrogen-bond donors (Lipinski definition) is 1. The molecule has 4 heterocycles. The van der Waals surface area contributed by atoms with Gasteiger partial charge in [0.2, 0.25) is 5.88 Å². The van der Waals surface area contributed by atoms with E-state index in [1.54, 1.807) is 30.7 Å². The van der Waals surface area contributed by atoms with Gasteiger partial charge in [0.25, 0.3) is 5.91 Å². The molecular formula is C22H24ClFN6O2S. The summed E-state index contributed by atoms with van der Waals surface area (Å²) in [7, 11) is 0. The fourth-order valence-corrected chi connectivity index (χ4v) is 4.55. The fourth-order valence-electron chi connectivity index (χ4n) is 3.61. The van der Waals surface area contributed by atoms with Crippen LogP contribution >= 0.6 is 22.9 Å². The number of alkyl halides is 1. The van der Waals surface area contributed by atoms with Crippen LogP contribution in [0.3, 0.4) is 0 Å². The van der Waals surface area contributed by atoms with Crippen molar-refractivity contribution >= 4 is 28.8 Å². The van der Waals surface area contributed by atoms with E-state index in [0.29, 0.717) is 71.3 Å². The van der Waals surface area contributed by atoms with Gasteiger partial charge in [-0.2, -0.15) is 0 Å². The van der Waals surface area contributed by atoms with Crippen LogP contribution in [-0.4, -0.2) is 63.2 Å². The van der Waals surface area contributed by atoms with Crippen molar-refractivity contribution in [2.75, 3.05) is 26.2 Å². The van der Waals surface area contributed by atoms with Crippen LogP contribution in [0.5, 0.6) is 5.88 Å². The van der Waals surface area contributed by atoms with Crippen LogP contribution in [0, 0.1) is 0 Å². The average Bonchev–Trinajstić information content (AvgIpc) is 3.46. The summed E-state index contributed by atoms with van der Waals surface area (Å²) >= 11 is 7.37. The maximum absolute atomic E-state index is 13.6. The van der Waals surface area contributed by atoms with Crippen molar-refractivity contribution in [3.05, 3.63) is 52.6 Å². The Bertz CT molecular complexity index is 1100. The van der Waals surface area contributed by atoms with Crippen LogP contribution in [0.2, 0.25) is 5.02 Å². The van der Waals surface area contributed by atoms with Crippen molar-refractivity contribution in [1.82, 2.24) is 30.2 Å². The minimum Gasteiger partial charge on any atom is -0.477 e. The monoisotopic (exact) mass is 490 g/mol. The molecule has 1 fully saturated rings. The van der Waals surface area contributed by atoms with E-state index in [4.69, 9.17) is 16.3 Å². The predicted octanol–water partition coefficient (Wildman–Crippen LogP) is 3.95. The zero-order valence-corrected chi connectivity index (χ0v) is 19.7. The number of halogens is 2. The molecule has 0 saturated carbocycles. The van der Waals surface area contributed by atoms with Crippen LogP contribution < -0.4 is 10.1 Å². The van der Waals surface area contributed by atoms with Gasteiger partial charge in [-0.25, -0.2) is 14.4 Å². The molecule has 1 saturated heterocycles. The zero-order chi connectivity index (χ0) is 23.2. The lowest BCUT2D eigenvalue weighted by Gasteiger charge is -2.21. The van der Waals surface area contributed by atoms with Crippen LogP contribution in [0.4, 0.5) is 4.39 Å². The van der Waals surface area contributed by atoms with E-state index in [1.807, 2.05) is 6.92 Å². The summed E-state index contributed by atoms with van der Waals surface area (Å²) in [5.41, 5.74) is 1.24.